The maximum atomic E-state index is 10.8. The van der Waals surface area contributed by atoms with Crippen molar-refractivity contribution in [2.24, 2.45) is 0 Å². The monoisotopic (exact) mass is 266 g/mol. The maximum Gasteiger partial charge on any atom is 0.155 e. The Balaban J connectivity index is 3.22. The number of carbonyl (C=O) groups is 1. The van der Waals surface area contributed by atoms with Crippen LogP contribution in [0, 0.1) is 0 Å². The van der Waals surface area contributed by atoms with Crippen molar-refractivity contribution in [3.8, 4) is 0 Å². The van der Waals surface area contributed by atoms with Crippen LogP contribution in [0.2, 0.25) is 0 Å². The molecule has 1 nitrogen and oxygen atoms in total. The van der Waals surface area contributed by atoms with E-state index in [0.717, 1.165) is 6.42 Å². The molecule has 0 rings (SSSR count). The summed E-state index contributed by atoms with van der Waals surface area (Å²) in [7, 11) is 0. The number of alkyl halides is 1. The summed E-state index contributed by atoms with van der Waals surface area (Å²) < 4.78 is 1.22. The highest BCUT2D eigenvalue weighted by atomic mass is 127. The second-order valence-electron chi connectivity index (χ2n) is 2.41. The molecule has 0 aliphatic rings. The molecule has 0 aromatic rings. The summed E-state index contributed by atoms with van der Waals surface area (Å²) in [6, 6.07) is 0. The molecule has 0 aromatic carbocycles. The van der Waals surface area contributed by atoms with Crippen LogP contribution in [0.5, 0.6) is 0 Å². The van der Waals surface area contributed by atoms with Crippen LogP contribution in [-0.2, 0) is 4.79 Å². The Bertz CT molecular complexity index is 130. The van der Waals surface area contributed by atoms with Crippen molar-refractivity contribution in [2.75, 3.05) is 4.43 Å². The number of halogens is 1. The average molecular weight is 266 g/mol. The van der Waals surface area contributed by atoms with Gasteiger partial charge in [-0.3, -0.25) is 4.79 Å². The van der Waals surface area contributed by atoms with E-state index in [4.69, 9.17) is 0 Å². The summed E-state index contributed by atoms with van der Waals surface area (Å²) in [5.41, 5.74) is 0. The van der Waals surface area contributed by atoms with Gasteiger partial charge in [0.25, 0.3) is 0 Å². The molecule has 11 heavy (non-hydrogen) atoms. The topological polar surface area (TPSA) is 17.1 Å². The maximum absolute atomic E-state index is 10.8. The SMILES string of the molecule is CCC(=O)/C=C\CCCCI. The summed E-state index contributed by atoms with van der Waals surface area (Å²) in [4.78, 5) is 10.8. The van der Waals surface area contributed by atoms with E-state index in [1.165, 1.54) is 17.3 Å². The molecule has 0 N–H and O–H groups in total. The van der Waals surface area contributed by atoms with Crippen molar-refractivity contribution < 1.29 is 4.79 Å². The first-order chi connectivity index (χ1) is 5.31. The summed E-state index contributed by atoms with van der Waals surface area (Å²) >= 11 is 2.37. The zero-order chi connectivity index (χ0) is 8.53. The predicted molar refractivity (Wildman–Crippen MR) is 57.2 cm³/mol. The predicted octanol–water partition coefficient (Wildman–Crippen LogP) is 3.13. The average Bonchev–Trinajstić information content (AvgIpc) is 2.04. The van der Waals surface area contributed by atoms with E-state index in [2.05, 4.69) is 22.6 Å². The second kappa shape index (κ2) is 8.24. The molecule has 0 amide bonds. The molecule has 0 unspecified atom stereocenters. The molecular weight excluding hydrogens is 251 g/mol. The Hall–Kier alpha value is 0.140. The van der Waals surface area contributed by atoms with E-state index in [0.29, 0.717) is 6.42 Å². The normalized spacial score (nSPS) is 10.7. The minimum atomic E-state index is 0.236. The fourth-order valence-electron chi connectivity index (χ4n) is 0.689. The van der Waals surface area contributed by atoms with Gasteiger partial charge in [0.1, 0.15) is 0 Å². The van der Waals surface area contributed by atoms with E-state index in [-0.39, 0.29) is 5.78 Å². The van der Waals surface area contributed by atoms with Crippen LogP contribution in [0.3, 0.4) is 0 Å². The highest BCUT2D eigenvalue weighted by Crippen LogP contribution is 1.99. The number of carbonyl (C=O) groups excluding carboxylic acids is 1. The lowest BCUT2D eigenvalue weighted by atomic mass is 10.2. The molecule has 0 saturated carbocycles. The third kappa shape index (κ3) is 8.04. The van der Waals surface area contributed by atoms with Crippen molar-refractivity contribution >= 4 is 28.4 Å². The molecule has 0 saturated heterocycles. The van der Waals surface area contributed by atoms with E-state index < -0.39 is 0 Å². The number of hydrogen-bond donors (Lipinski definition) is 0. The van der Waals surface area contributed by atoms with Crippen LogP contribution in [0.15, 0.2) is 12.2 Å². The molecule has 0 atom stereocenters. The minimum Gasteiger partial charge on any atom is -0.295 e. The van der Waals surface area contributed by atoms with E-state index in [1.54, 1.807) is 6.08 Å². The molecule has 0 radical (unpaired) electrons. The molecule has 0 heterocycles. The summed E-state index contributed by atoms with van der Waals surface area (Å²) in [5.74, 6) is 0.236. The number of ketones is 1. The van der Waals surface area contributed by atoms with Crippen molar-refractivity contribution in [1.82, 2.24) is 0 Å². The number of hydrogen-bond acceptors (Lipinski definition) is 1. The van der Waals surface area contributed by atoms with Crippen molar-refractivity contribution in [2.45, 2.75) is 32.6 Å². The van der Waals surface area contributed by atoms with Gasteiger partial charge in [-0.15, -0.1) is 0 Å². The lowest BCUT2D eigenvalue weighted by Crippen LogP contribution is -1.86. The smallest absolute Gasteiger partial charge is 0.155 e. The Morgan fingerprint density at radius 1 is 1.45 bits per heavy atom. The van der Waals surface area contributed by atoms with Gasteiger partial charge < -0.3 is 0 Å². The molecule has 0 aliphatic carbocycles. The molecule has 0 aromatic heterocycles. The minimum absolute atomic E-state index is 0.236. The van der Waals surface area contributed by atoms with Gasteiger partial charge in [-0.2, -0.15) is 0 Å². The largest absolute Gasteiger partial charge is 0.295 e. The summed E-state index contributed by atoms with van der Waals surface area (Å²) in [6.45, 7) is 1.89. The van der Waals surface area contributed by atoms with Gasteiger partial charge in [-0.1, -0.05) is 35.6 Å². The summed E-state index contributed by atoms with van der Waals surface area (Å²) in [5, 5.41) is 0. The Kier molecular flexibility index (Phi) is 8.34. The lowest BCUT2D eigenvalue weighted by Gasteiger charge is -1.90. The zero-order valence-electron chi connectivity index (χ0n) is 6.98. The van der Waals surface area contributed by atoms with E-state index >= 15 is 0 Å². The first-order valence-electron chi connectivity index (χ1n) is 4.06. The number of allylic oxidation sites excluding steroid dienone is 2. The van der Waals surface area contributed by atoms with Gasteiger partial charge in [-0.05, 0) is 29.8 Å². The summed E-state index contributed by atoms with van der Waals surface area (Å²) in [6.07, 6.45) is 7.82. The van der Waals surface area contributed by atoms with Gasteiger partial charge in [0.05, 0.1) is 0 Å². The first kappa shape index (κ1) is 11.1. The molecule has 0 fully saturated rings. The lowest BCUT2D eigenvalue weighted by molar-refractivity contribution is -0.114. The fourth-order valence-corrected chi connectivity index (χ4v) is 1.23. The van der Waals surface area contributed by atoms with Crippen molar-refractivity contribution in [3.63, 3.8) is 0 Å². The third-order valence-electron chi connectivity index (χ3n) is 1.41. The van der Waals surface area contributed by atoms with Gasteiger partial charge in [0.15, 0.2) is 5.78 Å². The van der Waals surface area contributed by atoms with Gasteiger partial charge in [0.2, 0.25) is 0 Å². The van der Waals surface area contributed by atoms with Crippen LogP contribution < -0.4 is 0 Å². The molecule has 2 heteroatoms. The van der Waals surface area contributed by atoms with Gasteiger partial charge in [-0.25, -0.2) is 0 Å². The number of unbranched alkanes of at least 4 members (excludes halogenated alkanes) is 2. The fraction of sp³-hybridized carbons (Fsp3) is 0.667. The quantitative estimate of drug-likeness (QED) is 0.312. The van der Waals surface area contributed by atoms with Crippen molar-refractivity contribution in [1.29, 1.82) is 0 Å². The Labute approximate surface area is 82.4 Å². The third-order valence-corrected chi connectivity index (χ3v) is 2.17. The van der Waals surface area contributed by atoms with Gasteiger partial charge >= 0.3 is 0 Å². The Morgan fingerprint density at radius 3 is 2.73 bits per heavy atom. The molecule has 0 bridgehead atoms. The van der Waals surface area contributed by atoms with Crippen LogP contribution >= 0.6 is 22.6 Å². The standard InChI is InChI=1S/C9H15IO/c1-2-9(11)7-5-3-4-6-8-10/h5,7H,2-4,6,8H2,1H3/b7-5-. The zero-order valence-corrected chi connectivity index (χ0v) is 9.13. The van der Waals surface area contributed by atoms with Crippen LogP contribution in [-0.4, -0.2) is 10.2 Å². The highest BCUT2D eigenvalue weighted by molar-refractivity contribution is 14.1. The first-order valence-corrected chi connectivity index (χ1v) is 5.59. The van der Waals surface area contributed by atoms with Crippen LogP contribution in [0.25, 0.3) is 0 Å². The van der Waals surface area contributed by atoms with Gasteiger partial charge in [0, 0.05) is 6.42 Å². The molecular formula is C9H15IO. The van der Waals surface area contributed by atoms with E-state index in [9.17, 15) is 4.79 Å². The van der Waals surface area contributed by atoms with Crippen LogP contribution in [0.4, 0.5) is 0 Å². The Morgan fingerprint density at radius 2 is 2.18 bits per heavy atom. The number of rotatable bonds is 6. The second-order valence-corrected chi connectivity index (χ2v) is 3.49. The molecule has 64 valence electrons. The van der Waals surface area contributed by atoms with E-state index in [1.807, 2.05) is 13.0 Å². The molecule has 0 spiro atoms. The van der Waals surface area contributed by atoms with Crippen LogP contribution in [0.1, 0.15) is 32.6 Å². The molecule has 0 aliphatic heterocycles. The van der Waals surface area contributed by atoms with Crippen molar-refractivity contribution in [3.05, 3.63) is 12.2 Å². The highest BCUT2D eigenvalue weighted by Gasteiger charge is 1.88.